The molecule has 2 N–H and O–H groups in total. The summed E-state index contributed by atoms with van der Waals surface area (Å²) in [7, 11) is 0. The van der Waals surface area contributed by atoms with E-state index in [2.05, 4.69) is 5.28 Å². The van der Waals surface area contributed by atoms with Gasteiger partial charge < -0.3 is 15.5 Å². The molecule has 0 unspecified atom stereocenters. The van der Waals surface area contributed by atoms with Gasteiger partial charge in [0.1, 0.15) is 6.54 Å². The fourth-order valence-corrected chi connectivity index (χ4v) is 0.821. The Morgan fingerprint density at radius 1 is 1.46 bits per heavy atom. The summed E-state index contributed by atoms with van der Waals surface area (Å²) in [6.07, 6.45) is 0. The van der Waals surface area contributed by atoms with Crippen molar-refractivity contribution in [1.82, 2.24) is 5.01 Å². The molecule has 7 heteroatoms. The first-order valence-corrected chi connectivity index (χ1v) is 3.64. The van der Waals surface area contributed by atoms with Gasteiger partial charge in [-0.25, -0.2) is 0 Å². The molecule has 0 fully saturated rings. The zero-order valence-corrected chi connectivity index (χ0v) is 10.6. The van der Waals surface area contributed by atoms with Crippen molar-refractivity contribution in [2.45, 2.75) is 26.3 Å². The molecule has 73 valence electrons. The van der Waals surface area contributed by atoms with Crippen LogP contribution in [-0.2, 0) is 0 Å². The van der Waals surface area contributed by atoms with Crippen molar-refractivity contribution in [3.63, 3.8) is 0 Å². The van der Waals surface area contributed by atoms with E-state index in [9.17, 15) is 5.21 Å². The number of hydrogen-bond donors (Lipinski definition) is 2. The van der Waals surface area contributed by atoms with Crippen molar-refractivity contribution in [2.24, 2.45) is 5.28 Å². The summed E-state index contributed by atoms with van der Waals surface area (Å²) in [6, 6.07) is 0. The number of aliphatic hydroxyl groups is 1. The molecule has 0 atom stereocenters. The van der Waals surface area contributed by atoms with Gasteiger partial charge in [-0.05, 0) is 20.8 Å². The maximum absolute atomic E-state index is 10.9. The Morgan fingerprint density at radius 3 is 2.15 bits per heavy atom. The molecule has 0 saturated carbocycles. The molecule has 0 heterocycles. The molecule has 0 aromatic rings. The molecule has 0 amide bonds. The van der Waals surface area contributed by atoms with Gasteiger partial charge in [0.2, 0.25) is 5.28 Å². The van der Waals surface area contributed by atoms with Crippen LogP contribution in [0.3, 0.4) is 0 Å². The summed E-state index contributed by atoms with van der Waals surface area (Å²) >= 11 is 0. The second kappa shape index (κ2) is 6.42. The van der Waals surface area contributed by atoms with Gasteiger partial charge in [-0.2, -0.15) is 0 Å². The van der Waals surface area contributed by atoms with Gasteiger partial charge in [-0.3, -0.25) is 0 Å². The van der Waals surface area contributed by atoms with Crippen LogP contribution in [0.25, 0.3) is 0 Å². The van der Waals surface area contributed by atoms with E-state index in [0.717, 1.165) is 0 Å². The number of hydrazine groups is 1. The fraction of sp³-hybridized carbons (Fsp3) is 1.00. The van der Waals surface area contributed by atoms with Gasteiger partial charge >= 0.3 is 0 Å². The van der Waals surface area contributed by atoms with Gasteiger partial charge in [0.05, 0.1) is 17.1 Å². The Morgan fingerprint density at radius 2 is 1.92 bits per heavy atom. The first-order chi connectivity index (χ1) is 5.43. The fourth-order valence-electron chi connectivity index (χ4n) is 0.821. The Bertz CT molecular complexity index is 169. The summed E-state index contributed by atoms with van der Waals surface area (Å²) in [4.78, 5) is 0.0657. The van der Waals surface area contributed by atoms with Gasteiger partial charge in [0.15, 0.2) is 0 Å². The third-order valence-corrected chi connectivity index (χ3v) is 1.37. The van der Waals surface area contributed by atoms with Crippen molar-refractivity contribution in [3.8, 4) is 0 Å². The average molecular weight is 200 g/mol. The van der Waals surface area contributed by atoms with Gasteiger partial charge in [-0.15, -0.1) is 5.01 Å². The number of β-amino-alcohol motifs (C(OH)–C–C–N with tert-alkyl or cyclic N) is 1. The smallest absolute Gasteiger partial charge is 0.230 e. The Hall–Kier alpha value is -0.0400. The molecular formula is C6H15N3NaO3. The first kappa shape index (κ1) is 15.4. The standard InChI is InChI=1S/C6H15N3O3.Na/c1-6(2,3)8(4-5-10)9(12)7-11;/h10-11H,4-5H2,1-3H3;/b9-7-;. The molecular weight excluding hydrogens is 185 g/mol. The van der Waals surface area contributed by atoms with E-state index >= 15 is 0 Å². The summed E-state index contributed by atoms with van der Waals surface area (Å²) in [5, 5.41) is 31.4. The number of nitrogens with zero attached hydrogens (tertiary/aromatic N) is 3. The van der Waals surface area contributed by atoms with Crippen LogP contribution in [0.2, 0.25) is 0 Å². The molecule has 0 spiro atoms. The van der Waals surface area contributed by atoms with Crippen molar-refractivity contribution < 1.29 is 15.3 Å². The Balaban J connectivity index is 0. The van der Waals surface area contributed by atoms with Crippen LogP contribution in [0, 0.1) is 5.21 Å². The minimum atomic E-state index is -0.475. The molecule has 1 radical (unpaired) electrons. The summed E-state index contributed by atoms with van der Waals surface area (Å²) in [5.41, 5.74) is -0.475. The quantitative estimate of drug-likeness (QED) is 0.290. The molecule has 0 saturated heterocycles. The normalized spacial score (nSPS) is 12.2. The summed E-state index contributed by atoms with van der Waals surface area (Å²) in [6.45, 7) is 5.30. The molecule has 0 aromatic heterocycles. The van der Waals surface area contributed by atoms with E-state index in [1.807, 2.05) is 0 Å². The molecule has 0 bridgehead atoms. The SMILES string of the molecule is CC(C)(C)N(CCO)/[N+]([O-])=N/O.[Na]. The molecule has 0 aliphatic heterocycles. The van der Waals surface area contributed by atoms with Crippen molar-refractivity contribution in [1.29, 1.82) is 0 Å². The molecule has 0 aliphatic rings. The van der Waals surface area contributed by atoms with E-state index in [1.165, 1.54) is 5.01 Å². The zero-order chi connectivity index (χ0) is 9.78. The second-order valence-corrected chi connectivity index (χ2v) is 3.36. The summed E-state index contributed by atoms with van der Waals surface area (Å²) < 4.78 is 0. The van der Waals surface area contributed by atoms with Crippen LogP contribution in [-0.4, -0.2) is 68.5 Å². The minimum Gasteiger partial charge on any atom is -0.569 e. The molecule has 0 aromatic carbocycles. The van der Waals surface area contributed by atoms with Crippen molar-refractivity contribution in [3.05, 3.63) is 5.21 Å². The molecule has 0 aliphatic carbocycles. The molecule has 13 heavy (non-hydrogen) atoms. The largest absolute Gasteiger partial charge is 0.569 e. The van der Waals surface area contributed by atoms with Crippen molar-refractivity contribution in [2.75, 3.05) is 13.2 Å². The van der Waals surface area contributed by atoms with E-state index < -0.39 is 5.54 Å². The van der Waals surface area contributed by atoms with E-state index in [4.69, 9.17) is 10.3 Å². The second-order valence-electron chi connectivity index (χ2n) is 3.36. The Labute approximate surface area is 99.7 Å². The third kappa shape index (κ3) is 5.30. The van der Waals surface area contributed by atoms with E-state index in [-0.39, 0.29) is 47.7 Å². The van der Waals surface area contributed by atoms with Crippen LogP contribution in [0.15, 0.2) is 5.28 Å². The monoisotopic (exact) mass is 200 g/mol. The van der Waals surface area contributed by atoms with E-state index in [0.29, 0.717) is 0 Å². The van der Waals surface area contributed by atoms with Crippen LogP contribution >= 0.6 is 0 Å². The summed E-state index contributed by atoms with van der Waals surface area (Å²) in [5.74, 6) is 0. The number of hydrogen-bond acceptors (Lipinski definition) is 3. The van der Waals surface area contributed by atoms with E-state index in [1.54, 1.807) is 20.8 Å². The van der Waals surface area contributed by atoms with Crippen molar-refractivity contribution >= 4 is 29.6 Å². The minimum absolute atomic E-state index is 0. The first-order valence-electron chi connectivity index (χ1n) is 3.64. The third-order valence-electron chi connectivity index (χ3n) is 1.37. The van der Waals surface area contributed by atoms with Gasteiger partial charge in [-0.1, -0.05) is 0 Å². The Kier molecular flexibility index (Phi) is 7.62. The number of rotatable bonds is 3. The average Bonchev–Trinajstić information content (AvgIpc) is 1.96. The van der Waals surface area contributed by atoms with Crippen LogP contribution < -0.4 is 0 Å². The predicted octanol–water partition coefficient (Wildman–Crippen LogP) is -0.0349. The predicted molar refractivity (Wildman–Crippen MR) is 47.1 cm³/mol. The maximum Gasteiger partial charge on any atom is 0.230 e. The van der Waals surface area contributed by atoms with Crippen LogP contribution in [0.1, 0.15) is 20.8 Å². The molecule has 6 nitrogen and oxygen atoms in total. The van der Waals surface area contributed by atoms with Crippen LogP contribution in [0.5, 0.6) is 0 Å². The topological polar surface area (TPSA) is 82.1 Å². The van der Waals surface area contributed by atoms with Gasteiger partial charge in [0, 0.05) is 29.6 Å². The zero-order valence-electron chi connectivity index (χ0n) is 8.56. The number of aliphatic hydroxyl groups excluding tert-OH is 1. The molecule has 0 rings (SSSR count). The van der Waals surface area contributed by atoms with Crippen LogP contribution in [0.4, 0.5) is 0 Å². The maximum atomic E-state index is 10.9. The van der Waals surface area contributed by atoms with Gasteiger partial charge in [0.25, 0.3) is 0 Å².